The molecule has 1 N–H and O–H groups in total. The first-order valence-corrected chi connectivity index (χ1v) is 7.61. The van der Waals surface area contributed by atoms with E-state index in [0.29, 0.717) is 6.54 Å². The number of rotatable bonds is 5. The number of Topliss-reactive ketones (excluding diaryl/α,β-unsaturated/α-hetero) is 1. The standard InChI is InChI=1S/C14H19IN2O2/c15-13-3-1-12(2-4-13)14(19)11-17-7-5-16(6-8-17)9-10-18/h1-4,18H,5-11H2. The summed E-state index contributed by atoms with van der Waals surface area (Å²) in [5.74, 6) is 0.187. The van der Waals surface area contributed by atoms with E-state index in [1.54, 1.807) is 0 Å². The molecule has 1 aromatic rings. The maximum atomic E-state index is 12.1. The fraction of sp³-hybridized carbons (Fsp3) is 0.500. The van der Waals surface area contributed by atoms with Crippen molar-refractivity contribution in [2.24, 2.45) is 0 Å². The first-order chi connectivity index (χ1) is 9.19. The van der Waals surface area contributed by atoms with Crippen LogP contribution in [0.25, 0.3) is 0 Å². The Balaban J connectivity index is 1.82. The monoisotopic (exact) mass is 374 g/mol. The van der Waals surface area contributed by atoms with Crippen LogP contribution in [0.5, 0.6) is 0 Å². The van der Waals surface area contributed by atoms with E-state index in [1.807, 2.05) is 24.3 Å². The summed E-state index contributed by atoms with van der Waals surface area (Å²) in [6.07, 6.45) is 0. The van der Waals surface area contributed by atoms with Crippen LogP contribution < -0.4 is 0 Å². The van der Waals surface area contributed by atoms with Gasteiger partial charge in [-0.25, -0.2) is 0 Å². The predicted molar refractivity (Wildman–Crippen MR) is 83.5 cm³/mol. The van der Waals surface area contributed by atoms with Crippen molar-refractivity contribution in [3.05, 3.63) is 33.4 Å². The molecule has 0 saturated carbocycles. The lowest BCUT2D eigenvalue weighted by Crippen LogP contribution is -2.48. The van der Waals surface area contributed by atoms with Crippen LogP contribution in [0.2, 0.25) is 0 Å². The van der Waals surface area contributed by atoms with Gasteiger partial charge in [-0.05, 0) is 34.7 Å². The van der Waals surface area contributed by atoms with Gasteiger partial charge in [0.05, 0.1) is 13.2 Å². The second kappa shape index (κ2) is 7.33. The van der Waals surface area contributed by atoms with Gasteiger partial charge in [-0.1, -0.05) is 12.1 Å². The average molecular weight is 374 g/mol. The van der Waals surface area contributed by atoms with Crippen LogP contribution in [-0.2, 0) is 0 Å². The Morgan fingerprint density at radius 2 is 1.68 bits per heavy atom. The van der Waals surface area contributed by atoms with Gasteiger partial charge in [0.2, 0.25) is 0 Å². The molecule has 0 bridgehead atoms. The minimum absolute atomic E-state index is 0.187. The highest BCUT2D eigenvalue weighted by Gasteiger charge is 2.18. The molecule has 1 aromatic carbocycles. The highest BCUT2D eigenvalue weighted by atomic mass is 127. The van der Waals surface area contributed by atoms with Crippen LogP contribution in [-0.4, -0.2) is 66.6 Å². The van der Waals surface area contributed by atoms with Crippen molar-refractivity contribution >= 4 is 28.4 Å². The molecule has 1 aliphatic rings. The first kappa shape index (κ1) is 14.9. The number of nitrogens with zero attached hydrogens (tertiary/aromatic N) is 2. The van der Waals surface area contributed by atoms with Crippen LogP contribution in [0, 0.1) is 3.57 Å². The van der Waals surface area contributed by atoms with E-state index in [-0.39, 0.29) is 12.4 Å². The molecular formula is C14H19IN2O2. The van der Waals surface area contributed by atoms with Crippen molar-refractivity contribution in [2.45, 2.75) is 0 Å². The molecule has 1 saturated heterocycles. The molecule has 5 heteroatoms. The van der Waals surface area contributed by atoms with Gasteiger partial charge >= 0.3 is 0 Å². The fourth-order valence-corrected chi connectivity index (χ4v) is 2.60. The molecule has 0 aromatic heterocycles. The molecule has 0 spiro atoms. The molecule has 2 rings (SSSR count). The highest BCUT2D eigenvalue weighted by Crippen LogP contribution is 2.09. The number of hydrogen-bond acceptors (Lipinski definition) is 4. The van der Waals surface area contributed by atoms with Gasteiger partial charge in [0.15, 0.2) is 5.78 Å². The second-order valence-corrected chi connectivity index (χ2v) is 6.02. The van der Waals surface area contributed by atoms with Crippen LogP contribution >= 0.6 is 22.6 Å². The molecule has 104 valence electrons. The van der Waals surface area contributed by atoms with Crippen molar-refractivity contribution in [3.8, 4) is 0 Å². The molecule has 0 atom stereocenters. The second-order valence-electron chi connectivity index (χ2n) is 4.77. The maximum Gasteiger partial charge on any atom is 0.176 e. The number of carbonyl (C=O) groups excluding carboxylic acids is 1. The molecular weight excluding hydrogens is 355 g/mol. The third-order valence-corrected chi connectivity index (χ3v) is 4.13. The van der Waals surface area contributed by atoms with Crippen LogP contribution in [0.4, 0.5) is 0 Å². The van der Waals surface area contributed by atoms with Gasteiger partial charge in [-0.15, -0.1) is 0 Å². The Morgan fingerprint density at radius 3 is 2.26 bits per heavy atom. The summed E-state index contributed by atoms with van der Waals surface area (Å²) in [5, 5.41) is 8.89. The molecule has 19 heavy (non-hydrogen) atoms. The lowest BCUT2D eigenvalue weighted by Gasteiger charge is -2.33. The normalized spacial score (nSPS) is 17.6. The number of aliphatic hydroxyl groups is 1. The number of β-amino-alcohol motifs (C(OH)–C–C–N with tert-alkyl or cyclic N) is 1. The fourth-order valence-electron chi connectivity index (χ4n) is 2.24. The number of benzene rings is 1. The summed E-state index contributed by atoms with van der Waals surface area (Å²) in [6.45, 7) is 5.10. The Kier molecular flexibility index (Phi) is 5.75. The van der Waals surface area contributed by atoms with Crippen LogP contribution in [0.3, 0.4) is 0 Å². The van der Waals surface area contributed by atoms with Crippen LogP contribution in [0.15, 0.2) is 24.3 Å². The number of carbonyl (C=O) groups is 1. The maximum absolute atomic E-state index is 12.1. The Hall–Kier alpha value is -0.500. The van der Waals surface area contributed by atoms with E-state index >= 15 is 0 Å². The van der Waals surface area contributed by atoms with Crippen molar-refractivity contribution in [3.63, 3.8) is 0 Å². The zero-order valence-corrected chi connectivity index (χ0v) is 13.0. The molecule has 0 amide bonds. The quantitative estimate of drug-likeness (QED) is 0.619. The summed E-state index contributed by atoms with van der Waals surface area (Å²) in [4.78, 5) is 16.6. The molecule has 1 fully saturated rings. The molecule has 4 nitrogen and oxygen atoms in total. The van der Waals surface area contributed by atoms with Crippen molar-refractivity contribution in [1.29, 1.82) is 0 Å². The number of ketones is 1. The third-order valence-electron chi connectivity index (χ3n) is 3.41. The summed E-state index contributed by atoms with van der Waals surface area (Å²) < 4.78 is 1.15. The molecule has 0 radical (unpaired) electrons. The lowest BCUT2D eigenvalue weighted by atomic mass is 10.1. The topological polar surface area (TPSA) is 43.8 Å². The van der Waals surface area contributed by atoms with E-state index in [1.165, 1.54) is 0 Å². The summed E-state index contributed by atoms with van der Waals surface area (Å²) in [6, 6.07) is 7.72. The van der Waals surface area contributed by atoms with Gasteiger partial charge in [-0.2, -0.15) is 0 Å². The molecule has 0 aliphatic carbocycles. The minimum atomic E-state index is 0.187. The van der Waals surface area contributed by atoms with Gasteiger partial charge < -0.3 is 5.11 Å². The van der Waals surface area contributed by atoms with Gasteiger partial charge in [-0.3, -0.25) is 14.6 Å². The Bertz CT molecular complexity index is 414. The predicted octanol–water partition coefficient (Wildman–Crippen LogP) is 1.08. The molecule has 0 unspecified atom stereocenters. The highest BCUT2D eigenvalue weighted by molar-refractivity contribution is 14.1. The first-order valence-electron chi connectivity index (χ1n) is 6.53. The summed E-state index contributed by atoms with van der Waals surface area (Å²) >= 11 is 2.24. The van der Waals surface area contributed by atoms with Gasteiger partial charge in [0.1, 0.15) is 0 Å². The Labute approximate surface area is 127 Å². The van der Waals surface area contributed by atoms with Crippen molar-refractivity contribution < 1.29 is 9.90 Å². The Morgan fingerprint density at radius 1 is 1.11 bits per heavy atom. The third kappa shape index (κ3) is 4.52. The zero-order valence-electron chi connectivity index (χ0n) is 10.9. The molecule has 1 heterocycles. The van der Waals surface area contributed by atoms with Crippen molar-refractivity contribution in [2.75, 3.05) is 45.9 Å². The van der Waals surface area contributed by atoms with E-state index < -0.39 is 0 Å². The summed E-state index contributed by atoms with van der Waals surface area (Å²) in [5.41, 5.74) is 0.790. The van der Waals surface area contributed by atoms with Gasteiger partial charge in [0, 0.05) is 41.9 Å². The largest absolute Gasteiger partial charge is 0.395 e. The number of aliphatic hydroxyl groups excluding tert-OH is 1. The number of halogens is 1. The van der Waals surface area contributed by atoms with Crippen molar-refractivity contribution in [1.82, 2.24) is 9.80 Å². The zero-order chi connectivity index (χ0) is 13.7. The SMILES string of the molecule is O=C(CN1CCN(CCO)CC1)c1ccc(I)cc1. The smallest absolute Gasteiger partial charge is 0.176 e. The average Bonchev–Trinajstić information content (AvgIpc) is 2.42. The number of hydrogen-bond donors (Lipinski definition) is 1. The lowest BCUT2D eigenvalue weighted by molar-refractivity contribution is 0.0822. The van der Waals surface area contributed by atoms with Crippen LogP contribution in [0.1, 0.15) is 10.4 Å². The van der Waals surface area contributed by atoms with Gasteiger partial charge in [0.25, 0.3) is 0 Å². The summed E-state index contributed by atoms with van der Waals surface area (Å²) in [7, 11) is 0. The van der Waals surface area contributed by atoms with E-state index in [4.69, 9.17) is 5.11 Å². The minimum Gasteiger partial charge on any atom is -0.395 e. The van der Waals surface area contributed by atoms with E-state index in [2.05, 4.69) is 32.4 Å². The van der Waals surface area contributed by atoms with E-state index in [0.717, 1.165) is 41.9 Å². The number of piperazine rings is 1. The molecule has 1 aliphatic heterocycles. The van der Waals surface area contributed by atoms with E-state index in [9.17, 15) is 4.79 Å².